The van der Waals surface area contributed by atoms with Crippen molar-refractivity contribution in [3.8, 4) is 12.3 Å². The fraction of sp³-hybridized carbons (Fsp3) is 0.556. The maximum atomic E-state index is 11.1. The van der Waals surface area contributed by atoms with E-state index in [0.29, 0.717) is 0 Å². The third-order valence-electron chi connectivity index (χ3n) is 1.47. The number of carboxylic acid groups (broad SMARTS) is 1. The van der Waals surface area contributed by atoms with E-state index in [1.807, 2.05) is 0 Å². The van der Waals surface area contributed by atoms with E-state index in [1.54, 1.807) is 13.8 Å². The number of hydrogen-bond acceptors (Lipinski definition) is 3. The van der Waals surface area contributed by atoms with Crippen molar-refractivity contribution in [3.05, 3.63) is 0 Å². The average molecular weight is 215 g/mol. The van der Waals surface area contributed by atoms with Gasteiger partial charge in [-0.15, -0.1) is 18.2 Å². The smallest absolute Gasteiger partial charge is 0.319 e. The van der Waals surface area contributed by atoms with Gasteiger partial charge in [-0.3, -0.25) is 9.59 Å². The zero-order chi connectivity index (χ0) is 11.2. The quantitative estimate of drug-likeness (QED) is 0.649. The van der Waals surface area contributed by atoms with Gasteiger partial charge in [-0.2, -0.15) is 0 Å². The number of terminal acetylenes is 1. The summed E-state index contributed by atoms with van der Waals surface area (Å²) in [4.78, 5) is 21.7. The number of aliphatic carboxylic acids is 1. The number of rotatable bonds is 5. The largest absolute Gasteiger partial charge is 0.480 e. The molecule has 0 fully saturated rings. The Bertz CT molecular complexity index is 268. The second-order valence-electron chi connectivity index (χ2n) is 3.08. The van der Waals surface area contributed by atoms with Crippen LogP contribution < -0.4 is 5.32 Å². The molecule has 0 spiro atoms. The first-order valence-electron chi connectivity index (χ1n) is 3.97. The van der Waals surface area contributed by atoms with Gasteiger partial charge in [0, 0.05) is 0 Å². The summed E-state index contributed by atoms with van der Waals surface area (Å²) in [5.41, 5.74) is 0. The minimum absolute atomic E-state index is 0.0982. The van der Waals surface area contributed by atoms with Gasteiger partial charge in [-0.05, 0) is 13.8 Å². The van der Waals surface area contributed by atoms with Crippen molar-refractivity contribution in [2.75, 3.05) is 12.3 Å². The fourth-order valence-corrected chi connectivity index (χ4v) is 1.23. The van der Waals surface area contributed by atoms with Crippen molar-refractivity contribution in [2.24, 2.45) is 0 Å². The van der Waals surface area contributed by atoms with E-state index in [-0.39, 0.29) is 18.2 Å². The molecule has 4 nitrogen and oxygen atoms in total. The molecule has 0 saturated heterocycles. The van der Waals surface area contributed by atoms with E-state index >= 15 is 0 Å². The molecule has 0 aliphatic rings. The molecule has 0 bridgehead atoms. The summed E-state index contributed by atoms with van der Waals surface area (Å²) in [5, 5.41) is 11.2. The SMILES string of the molecule is C#CCNC(=O)CSC(C)(C)C(=O)O. The van der Waals surface area contributed by atoms with Crippen LogP contribution >= 0.6 is 11.8 Å². The molecule has 0 heterocycles. The first-order chi connectivity index (χ1) is 6.40. The lowest BCUT2D eigenvalue weighted by Gasteiger charge is -2.17. The summed E-state index contributed by atoms with van der Waals surface area (Å²) in [6.07, 6.45) is 4.94. The standard InChI is InChI=1S/C9H13NO3S/c1-4-5-10-7(11)6-14-9(2,3)8(12)13/h1H,5-6H2,2-3H3,(H,10,11)(H,12,13). The second kappa shape index (κ2) is 5.55. The van der Waals surface area contributed by atoms with Crippen LogP contribution in [0.1, 0.15) is 13.8 Å². The summed E-state index contributed by atoms with van der Waals surface area (Å²) in [5.74, 6) is 1.17. The minimum atomic E-state index is -0.951. The van der Waals surface area contributed by atoms with Gasteiger partial charge in [0.05, 0.1) is 12.3 Å². The maximum Gasteiger partial charge on any atom is 0.319 e. The number of carboxylic acids is 1. The third-order valence-corrected chi connectivity index (χ3v) is 2.77. The number of amides is 1. The van der Waals surface area contributed by atoms with Crippen LogP contribution in [0.5, 0.6) is 0 Å². The van der Waals surface area contributed by atoms with Crippen LogP contribution in [-0.4, -0.2) is 34.0 Å². The highest BCUT2D eigenvalue weighted by Gasteiger charge is 2.28. The van der Waals surface area contributed by atoms with E-state index in [1.165, 1.54) is 0 Å². The molecular formula is C9H13NO3S. The van der Waals surface area contributed by atoms with E-state index in [2.05, 4.69) is 11.2 Å². The first kappa shape index (κ1) is 12.8. The van der Waals surface area contributed by atoms with E-state index in [0.717, 1.165) is 11.8 Å². The molecular weight excluding hydrogens is 202 g/mol. The fourth-order valence-electron chi connectivity index (χ4n) is 0.508. The zero-order valence-corrected chi connectivity index (χ0v) is 8.98. The van der Waals surface area contributed by atoms with Crippen LogP contribution in [0.4, 0.5) is 0 Å². The summed E-state index contributed by atoms with van der Waals surface area (Å²) in [7, 11) is 0. The number of carbonyl (C=O) groups excluding carboxylic acids is 1. The molecule has 1 amide bonds. The molecule has 2 N–H and O–H groups in total. The summed E-state index contributed by atoms with van der Waals surface area (Å²) >= 11 is 1.07. The molecule has 0 aromatic heterocycles. The van der Waals surface area contributed by atoms with E-state index in [9.17, 15) is 9.59 Å². The topological polar surface area (TPSA) is 66.4 Å². The molecule has 0 atom stereocenters. The highest BCUT2D eigenvalue weighted by atomic mass is 32.2. The second-order valence-corrected chi connectivity index (χ2v) is 4.68. The summed E-state index contributed by atoms with van der Waals surface area (Å²) in [6.45, 7) is 3.27. The predicted molar refractivity (Wildman–Crippen MR) is 56.0 cm³/mol. The molecule has 0 aromatic carbocycles. The number of nitrogens with one attached hydrogen (secondary N) is 1. The van der Waals surface area contributed by atoms with Gasteiger partial charge in [0.2, 0.25) is 5.91 Å². The number of hydrogen-bond donors (Lipinski definition) is 2. The Labute approximate surface area is 87.4 Å². The minimum Gasteiger partial charge on any atom is -0.480 e. The molecule has 5 heteroatoms. The lowest BCUT2D eigenvalue weighted by Crippen LogP contribution is -2.32. The Morgan fingerprint density at radius 2 is 2.14 bits per heavy atom. The van der Waals surface area contributed by atoms with Crippen molar-refractivity contribution >= 4 is 23.6 Å². The van der Waals surface area contributed by atoms with Gasteiger partial charge in [-0.25, -0.2) is 0 Å². The first-order valence-corrected chi connectivity index (χ1v) is 4.96. The normalized spacial score (nSPS) is 10.4. The van der Waals surface area contributed by atoms with Gasteiger partial charge < -0.3 is 10.4 Å². The Morgan fingerprint density at radius 1 is 1.57 bits per heavy atom. The molecule has 0 saturated carbocycles. The molecule has 0 radical (unpaired) electrons. The summed E-state index contributed by atoms with van der Waals surface area (Å²) in [6, 6.07) is 0. The third kappa shape index (κ3) is 4.77. The van der Waals surface area contributed by atoms with Crippen LogP contribution in [-0.2, 0) is 9.59 Å². The van der Waals surface area contributed by atoms with Gasteiger partial charge in [-0.1, -0.05) is 5.92 Å². The molecule has 0 aromatic rings. The highest BCUT2D eigenvalue weighted by molar-refractivity contribution is 8.01. The Kier molecular flexibility index (Phi) is 5.10. The molecule has 14 heavy (non-hydrogen) atoms. The van der Waals surface area contributed by atoms with Crippen LogP contribution in [0, 0.1) is 12.3 Å². The molecule has 0 rings (SSSR count). The summed E-state index contributed by atoms with van der Waals surface area (Å²) < 4.78 is -0.951. The number of carbonyl (C=O) groups is 2. The van der Waals surface area contributed by atoms with E-state index < -0.39 is 10.7 Å². The molecule has 0 aliphatic carbocycles. The van der Waals surface area contributed by atoms with Gasteiger partial charge in [0.25, 0.3) is 0 Å². The van der Waals surface area contributed by atoms with Crippen LogP contribution in [0.3, 0.4) is 0 Å². The maximum absolute atomic E-state index is 11.1. The van der Waals surface area contributed by atoms with Crippen LogP contribution in [0.25, 0.3) is 0 Å². The molecule has 78 valence electrons. The van der Waals surface area contributed by atoms with Gasteiger partial charge in [0.1, 0.15) is 4.75 Å². The Balaban J connectivity index is 3.89. The average Bonchev–Trinajstić information content (AvgIpc) is 2.11. The predicted octanol–water partition coefficient (Wildman–Crippen LogP) is 0.332. The van der Waals surface area contributed by atoms with Crippen molar-refractivity contribution in [1.82, 2.24) is 5.32 Å². The lowest BCUT2D eigenvalue weighted by atomic mass is 10.2. The van der Waals surface area contributed by atoms with Gasteiger partial charge in [0.15, 0.2) is 0 Å². The zero-order valence-electron chi connectivity index (χ0n) is 8.16. The van der Waals surface area contributed by atoms with Crippen LogP contribution in [0.15, 0.2) is 0 Å². The molecule has 0 unspecified atom stereocenters. The van der Waals surface area contributed by atoms with E-state index in [4.69, 9.17) is 11.5 Å². The monoisotopic (exact) mass is 215 g/mol. The van der Waals surface area contributed by atoms with Crippen molar-refractivity contribution < 1.29 is 14.7 Å². The Hall–Kier alpha value is -1.15. The van der Waals surface area contributed by atoms with Crippen molar-refractivity contribution in [2.45, 2.75) is 18.6 Å². The molecule has 0 aliphatic heterocycles. The van der Waals surface area contributed by atoms with Gasteiger partial charge >= 0.3 is 5.97 Å². The van der Waals surface area contributed by atoms with Crippen LogP contribution in [0.2, 0.25) is 0 Å². The van der Waals surface area contributed by atoms with Crippen molar-refractivity contribution in [3.63, 3.8) is 0 Å². The van der Waals surface area contributed by atoms with Crippen molar-refractivity contribution in [1.29, 1.82) is 0 Å². The Morgan fingerprint density at radius 3 is 2.57 bits per heavy atom. The highest BCUT2D eigenvalue weighted by Crippen LogP contribution is 2.23. The lowest BCUT2D eigenvalue weighted by molar-refractivity contribution is -0.138. The number of thioether (sulfide) groups is 1.